The number of aromatic nitrogens is 1. The third-order valence-electron chi connectivity index (χ3n) is 7.37. The Hall–Kier alpha value is -2.47. The second-order valence-corrected chi connectivity index (χ2v) is 10.9. The lowest BCUT2D eigenvalue weighted by atomic mass is 9.67. The van der Waals surface area contributed by atoms with Crippen molar-refractivity contribution in [3.63, 3.8) is 0 Å². The SMILES string of the molecule is CN(C)C1(c2cccc(F)c2)CCC2(CC1)OCCc1[nH]c3ccccc3c12.O=S(=O)(O)C(F)(F)F. The number of halogens is 4. The average molecular weight is 529 g/mol. The van der Waals surface area contributed by atoms with E-state index in [1.54, 1.807) is 6.07 Å². The zero-order valence-corrected chi connectivity index (χ0v) is 20.7. The van der Waals surface area contributed by atoms with E-state index >= 15 is 0 Å². The standard InChI is InChI=1S/C24H27FN2O.CHF3O3S/c1-27(2)23(17-6-5-7-18(25)16-17)11-13-24(14-12-23)22-19-8-3-4-9-20(19)26-21(22)10-15-28-24;2-1(3,4)8(5,6)7/h3-9,16,26H,10-15H2,1-2H3;(H,5,6,7). The molecule has 2 N–H and O–H groups in total. The van der Waals surface area contributed by atoms with Crippen molar-refractivity contribution >= 4 is 21.0 Å². The molecule has 0 radical (unpaired) electrons. The van der Waals surface area contributed by atoms with Crippen LogP contribution in [0.25, 0.3) is 10.9 Å². The van der Waals surface area contributed by atoms with E-state index in [9.17, 15) is 17.6 Å². The Kier molecular flexibility index (Phi) is 6.97. The molecule has 1 spiro atoms. The highest BCUT2D eigenvalue weighted by atomic mass is 32.2. The van der Waals surface area contributed by atoms with E-state index in [0.29, 0.717) is 0 Å². The lowest BCUT2D eigenvalue weighted by Crippen LogP contribution is -2.50. The van der Waals surface area contributed by atoms with Gasteiger partial charge in [0.05, 0.1) is 12.2 Å². The van der Waals surface area contributed by atoms with Crippen molar-refractivity contribution in [2.75, 3.05) is 20.7 Å². The largest absolute Gasteiger partial charge is 0.522 e. The highest BCUT2D eigenvalue weighted by molar-refractivity contribution is 7.86. The smallest absolute Gasteiger partial charge is 0.370 e. The van der Waals surface area contributed by atoms with Crippen molar-refractivity contribution in [3.8, 4) is 0 Å². The Labute approximate surface area is 207 Å². The van der Waals surface area contributed by atoms with Crippen LogP contribution in [0, 0.1) is 5.82 Å². The van der Waals surface area contributed by atoms with Gasteiger partial charge in [-0.05, 0) is 63.5 Å². The first kappa shape index (κ1) is 26.6. The van der Waals surface area contributed by atoms with Gasteiger partial charge in [-0.3, -0.25) is 9.45 Å². The van der Waals surface area contributed by atoms with Gasteiger partial charge in [0.15, 0.2) is 0 Å². The zero-order chi connectivity index (χ0) is 26.4. The molecule has 0 saturated heterocycles. The first-order chi connectivity index (χ1) is 16.8. The normalized spacial score (nSPS) is 24.4. The van der Waals surface area contributed by atoms with E-state index in [-0.39, 0.29) is 17.0 Å². The van der Waals surface area contributed by atoms with E-state index in [4.69, 9.17) is 17.7 Å². The second-order valence-electron chi connectivity index (χ2n) is 9.47. The number of nitrogens with zero attached hydrogens (tertiary/aromatic N) is 1. The van der Waals surface area contributed by atoms with Crippen LogP contribution in [0.5, 0.6) is 0 Å². The molecule has 3 aromatic rings. The van der Waals surface area contributed by atoms with Crippen molar-refractivity contribution in [2.24, 2.45) is 0 Å². The molecule has 1 aromatic heterocycles. The Bertz CT molecular complexity index is 1340. The molecular formula is C25H28F4N2O4S. The first-order valence-corrected chi connectivity index (χ1v) is 12.9. The number of benzene rings is 2. The molecule has 1 fully saturated rings. The predicted molar refractivity (Wildman–Crippen MR) is 127 cm³/mol. The summed E-state index contributed by atoms with van der Waals surface area (Å²) in [5.41, 5.74) is -0.959. The number of nitrogens with one attached hydrogen (secondary N) is 1. The van der Waals surface area contributed by atoms with Gasteiger partial charge < -0.3 is 9.72 Å². The Morgan fingerprint density at radius 3 is 2.25 bits per heavy atom. The van der Waals surface area contributed by atoms with Crippen LogP contribution in [0.15, 0.2) is 48.5 Å². The lowest BCUT2D eigenvalue weighted by Gasteiger charge is -2.51. The maximum Gasteiger partial charge on any atom is 0.522 e. The summed E-state index contributed by atoms with van der Waals surface area (Å²) >= 11 is 0. The first-order valence-electron chi connectivity index (χ1n) is 11.5. The van der Waals surface area contributed by atoms with E-state index in [1.165, 1.54) is 28.2 Å². The summed E-state index contributed by atoms with van der Waals surface area (Å²) < 4.78 is 78.0. The molecule has 36 heavy (non-hydrogen) atoms. The number of H-pyrrole nitrogens is 1. The molecule has 6 nitrogen and oxygen atoms in total. The fourth-order valence-corrected chi connectivity index (χ4v) is 5.56. The molecule has 0 bridgehead atoms. The van der Waals surface area contributed by atoms with Gasteiger partial charge in [0.2, 0.25) is 0 Å². The highest BCUT2D eigenvalue weighted by Crippen LogP contribution is 2.53. The second kappa shape index (κ2) is 9.44. The summed E-state index contributed by atoms with van der Waals surface area (Å²) in [7, 11) is -1.61. The Balaban J connectivity index is 0.000000331. The number of para-hydroxylation sites is 1. The van der Waals surface area contributed by atoms with Crippen LogP contribution >= 0.6 is 0 Å². The van der Waals surface area contributed by atoms with Gasteiger partial charge in [0.1, 0.15) is 5.82 Å². The van der Waals surface area contributed by atoms with Crippen molar-refractivity contribution in [3.05, 3.63) is 71.2 Å². The number of hydrogen-bond donors (Lipinski definition) is 2. The molecule has 0 atom stereocenters. The minimum atomic E-state index is -5.84. The van der Waals surface area contributed by atoms with Crippen LogP contribution in [0.4, 0.5) is 17.6 Å². The number of rotatable bonds is 2. The van der Waals surface area contributed by atoms with E-state index in [0.717, 1.165) is 44.3 Å². The number of aromatic amines is 1. The van der Waals surface area contributed by atoms with Crippen molar-refractivity contribution < 1.29 is 35.3 Å². The summed E-state index contributed by atoms with van der Waals surface area (Å²) in [5, 5.41) is 1.29. The lowest BCUT2D eigenvalue weighted by molar-refractivity contribution is -0.110. The summed E-state index contributed by atoms with van der Waals surface area (Å²) in [4.78, 5) is 5.90. The number of alkyl halides is 3. The van der Waals surface area contributed by atoms with Crippen LogP contribution < -0.4 is 0 Å². The molecule has 196 valence electrons. The molecule has 1 saturated carbocycles. The number of ether oxygens (including phenoxy) is 1. The summed E-state index contributed by atoms with van der Waals surface area (Å²) in [6.45, 7) is 0.759. The third-order valence-corrected chi connectivity index (χ3v) is 7.95. The maximum absolute atomic E-state index is 14.0. The van der Waals surface area contributed by atoms with Crippen molar-refractivity contribution in [1.29, 1.82) is 0 Å². The van der Waals surface area contributed by atoms with Gasteiger partial charge in [-0.2, -0.15) is 21.6 Å². The minimum Gasteiger partial charge on any atom is -0.370 e. The molecule has 1 aliphatic heterocycles. The summed E-state index contributed by atoms with van der Waals surface area (Å²) in [6, 6.07) is 15.7. The van der Waals surface area contributed by atoms with E-state index in [2.05, 4.69) is 54.3 Å². The van der Waals surface area contributed by atoms with E-state index in [1.807, 2.05) is 6.07 Å². The van der Waals surface area contributed by atoms with Gasteiger partial charge in [0, 0.05) is 34.1 Å². The molecule has 1 aliphatic carbocycles. The van der Waals surface area contributed by atoms with Crippen LogP contribution in [0.2, 0.25) is 0 Å². The van der Waals surface area contributed by atoms with E-state index < -0.39 is 15.6 Å². The Morgan fingerprint density at radius 1 is 1.03 bits per heavy atom. The van der Waals surface area contributed by atoms with Crippen molar-refractivity contribution in [1.82, 2.24) is 9.88 Å². The van der Waals surface area contributed by atoms with Crippen LogP contribution in [0.1, 0.15) is 42.5 Å². The van der Waals surface area contributed by atoms with Crippen LogP contribution in [0.3, 0.4) is 0 Å². The van der Waals surface area contributed by atoms with Gasteiger partial charge >= 0.3 is 15.6 Å². The fraction of sp³-hybridized carbons (Fsp3) is 0.440. The molecule has 2 aromatic carbocycles. The Morgan fingerprint density at radius 2 is 1.67 bits per heavy atom. The molecule has 11 heteroatoms. The fourth-order valence-electron chi connectivity index (χ4n) is 5.56. The molecule has 0 amide bonds. The quantitative estimate of drug-likeness (QED) is 0.261. The number of hydrogen-bond acceptors (Lipinski definition) is 4. The molecule has 0 unspecified atom stereocenters. The third kappa shape index (κ3) is 4.77. The van der Waals surface area contributed by atoms with Crippen LogP contribution in [-0.4, -0.2) is 49.1 Å². The van der Waals surface area contributed by atoms with Crippen LogP contribution in [-0.2, 0) is 32.4 Å². The maximum atomic E-state index is 14.0. The monoisotopic (exact) mass is 528 g/mol. The zero-order valence-electron chi connectivity index (χ0n) is 19.9. The summed E-state index contributed by atoms with van der Waals surface area (Å²) in [6.07, 6.45) is 4.71. The average Bonchev–Trinajstić information content (AvgIpc) is 3.19. The molecule has 2 aliphatic rings. The topological polar surface area (TPSA) is 82.6 Å². The highest BCUT2D eigenvalue weighted by Gasteiger charge is 2.49. The van der Waals surface area contributed by atoms with Gasteiger partial charge in [0.25, 0.3) is 0 Å². The summed E-state index contributed by atoms with van der Waals surface area (Å²) in [5.74, 6) is -0.160. The van der Waals surface area contributed by atoms with Gasteiger partial charge in [-0.25, -0.2) is 4.39 Å². The molecular weight excluding hydrogens is 500 g/mol. The predicted octanol–water partition coefficient (Wildman–Crippen LogP) is 5.50. The molecule has 2 heterocycles. The van der Waals surface area contributed by atoms with Gasteiger partial charge in [-0.1, -0.05) is 30.3 Å². The molecule has 5 rings (SSSR count). The van der Waals surface area contributed by atoms with Gasteiger partial charge in [-0.15, -0.1) is 0 Å². The number of fused-ring (bicyclic) bond motifs is 4. The van der Waals surface area contributed by atoms with Crippen molar-refractivity contribution in [2.45, 2.75) is 48.8 Å². The minimum absolute atomic E-state index is 0.152.